The second kappa shape index (κ2) is 7.75. The lowest BCUT2D eigenvalue weighted by Gasteiger charge is -2.59. The predicted octanol–water partition coefficient (Wildman–Crippen LogP) is 3.47. The zero-order valence-corrected chi connectivity index (χ0v) is 18.0. The number of carbonyl (C=O) groups is 1. The highest BCUT2D eigenvalue weighted by Crippen LogP contribution is 2.61. The molecule has 1 aromatic heterocycles. The molecule has 8 heteroatoms. The Morgan fingerprint density at radius 2 is 1.82 bits per heavy atom. The summed E-state index contributed by atoms with van der Waals surface area (Å²) in [6.45, 7) is 2.19. The van der Waals surface area contributed by atoms with Crippen LogP contribution in [0.5, 0.6) is 0 Å². The van der Waals surface area contributed by atoms with Crippen LogP contribution in [0.1, 0.15) is 51.0 Å². The molecule has 0 spiro atoms. The molecule has 1 amide bonds. The molecule has 1 atom stereocenters. The Morgan fingerprint density at radius 1 is 1.25 bits per heavy atom. The number of nitrogens with two attached hydrogens (primary N) is 1. The van der Waals surface area contributed by atoms with E-state index in [2.05, 4.69) is 28.3 Å². The van der Waals surface area contributed by atoms with Crippen LogP contribution < -0.4 is 11.1 Å². The van der Waals surface area contributed by atoms with Crippen molar-refractivity contribution in [3.63, 3.8) is 0 Å². The fourth-order valence-corrected chi connectivity index (χ4v) is 7.45. The lowest BCUT2D eigenvalue weighted by atomic mass is 9.48. The van der Waals surface area contributed by atoms with Crippen LogP contribution in [0.3, 0.4) is 0 Å². The molecule has 4 aliphatic carbocycles. The standard InChI is InChI=1S/C20H27N5OS2/c1-11(20-6-12-3-13(7-20)5-14(4-12)8-20)23-16(26)10-28-18-15(9-21)17(27-2)24-19(22)25-18/h11-14H,3-8,10H2,1-2H3,(H,23,26)(H2,22,24,25)/t11-,12?,13?,14?,20?/m0/s1. The van der Waals surface area contributed by atoms with Gasteiger partial charge < -0.3 is 11.1 Å². The highest BCUT2D eigenvalue weighted by Gasteiger charge is 2.53. The molecule has 1 heterocycles. The van der Waals surface area contributed by atoms with Gasteiger partial charge in [-0.3, -0.25) is 4.79 Å². The van der Waals surface area contributed by atoms with E-state index in [1.54, 1.807) is 0 Å². The van der Waals surface area contributed by atoms with E-state index in [0.717, 1.165) is 17.8 Å². The molecule has 5 rings (SSSR count). The van der Waals surface area contributed by atoms with Gasteiger partial charge in [-0.25, -0.2) is 9.97 Å². The fourth-order valence-electron chi connectivity index (χ4n) is 6.06. The van der Waals surface area contributed by atoms with Crippen LogP contribution in [0.2, 0.25) is 0 Å². The quantitative estimate of drug-likeness (QED) is 0.539. The summed E-state index contributed by atoms with van der Waals surface area (Å²) in [5.74, 6) is 2.97. The third-order valence-electron chi connectivity index (χ3n) is 6.89. The van der Waals surface area contributed by atoms with Crippen LogP contribution in [0.4, 0.5) is 5.95 Å². The van der Waals surface area contributed by atoms with E-state index >= 15 is 0 Å². The molecule has 4 saturated carbocycles. The number of rotatable bonds is 6. The van der Waals surface area contributed by atoms with Crippen molar-refractivity contribution < 1.29 is 4.79 Å². The van der Waals surface area contributed by atoms with Gasteiger partial charge in [-0.2, -0.15) is 5.26 Å². The van der Waals surface area contributed by atoms with Crippen LogP contribution in [0.25, 0.3) is 0 Å². The summed E-state index contributed by atoms with van der Waals surface area (Å²) in [5.41, 5.74) is 6.44. The molecule has 0 unspecified atom stereocenters. The van der Waals surface area contributed by atoms with Crippen LogP contribution >= 0.6 is 23.5 Å². The Labute approximate surface area is 174 Å². The van der Waals surface area contributed by atoms with Crippen molar-refractivity contribution >= 4 is 35.4 Å². The number of nitrogens with one attached hydrogen (secondary N) is 1. The van der Waals surface area contributed by atoms with Gasteiger partial charge in [0.2, 0.25) is 11.9 Å². The monoisotopic (exact) mass is 417 g/mol. The molecule has 6 nitrogen and oxygen atoms in total. The molecule has 0 aromatic carbocycles. The second-order valence-electron chi connectivity index (χ2n) is 8.74. The van der Waals surface area contributed by atoms with Gasteiger partial charge in [0.25, 0.3) is 0 Å². The number of anilines is 1. The third kappa shape index (κ3) is 3.71. The SMILES string of the molecule is CSc1nc(N)nc(SCC(=O)N[C@@H](C)C23CC4CC(CC(C4)C2)C3)c1C#N. The molecule has 4 bridgehead atoms. The number of hydrogen-bond donors (Lipinski definition) is 2. The largest absolute Gasteiger partial charge is 0.368 e. The number of thioether (sulfide) groups is 2. The van der Waals surface area contributed by atoms with Gasteiger partial charge in [0, 0.05) is 6.04 Å². The minimum atomic E-state index is 0.0000189. The first-order chi connectivity index (χ1) is 13.4. The Balaban J connectivity index is 1.39. The molecule has 28 heavy (non-hydrogen) atoms. The van der Waals surface area contributed by atoms with Gasteiger partial charge in [0.15, 0.2) is 0 Å². The minimum Gasteiger partial charge on any atom is -0.368 e. The smallest absolute Gasteiger partial charge is 0.230 e. The number of aromatic nitrogens is 2. The van der Waals surface area contributed by atoms with E-state index in [0.29, 0.717) is 15.6 Å². The maximum Gasteiger partial charge on any atom is 0.230 e. The zero-order valence-electron chi connectivity index (χ0n) is 16.4. The van der Waals surface area contributed by atoms with E-state index in [9.17, 15) is 10.1 Å². The van der Waals surface area contributed by atoms with Crippen molar-refractivity contribution in [1.29, 1.82) is 5.26 Å². The Morgan fingerprint density at radius 3 is 2.36 bits per heavy atom. The lowest BCUT2D eigenvalue weighted by molar-refractivity contribution is -0.123. The topological polar surface area (TPSA) is 105 Å². The average Bonchev–Trinajstić information content (AvgIpc) is 2.64. The first kappa shape index (κ1) is 19.8. The summed E-state index contributed by atoms with van der Waals surface area (Å²) < 4.78 is 0. The maximum atomic E-state index is 12.7. The number of nitriles is 1. The first-order valence-electron chi connectivity index (χ1n) is 9.96. The summed E-state index contributed by atoms with van der Waals surface area (Å²) in [6.07, 6.45) is 9.86. The maximum absolute atomic E-state index is 12.7. The van der Waals surface area contributed by atoms with Crippen molar-refractivity contribution in [3.05, 3.63) is 5.56 Å². The summed E-state index contributed by atoms with van der Waals surface area (Å²) in [6, 6.07) is 2.34. The number of nitrogen functional groups attached to an aromatic ring is 1. The van der Waals surface area contributed by atoms with Gasteiger partial charge in [-0.15, -0.1) is 11.8 Å². The fraction of sp³-hybridized carbons (Fsp3) is 0.700. The van der Waals surface area contributed by atoms with E-state index in [-0.39, 0.29) is 29.1 Å². The van der Waals surface area contributed by atoms with E-state index < -0.39 is 0 Å². The van der Waals surface area contributed by atoms with Gasteiger partial charge in [-0.1, -0.05) is 11.8 Å². The summed E-state index contributed by atoms with van der Waals surface area (Å²) >= 11 is 2.62. The number of carbonyl (C=O) groups excluding carboxylic acids is 1. The lowest BCUT2D eigenvalue weighted by Crippen LogP contribution is -2.56. The van der Waals surface area contributed by atoms with Crippen LogP contribution in [-0.4, -0.2) is 33.9 Å². The summed E-state index contributed by atoms with van der Waals surface area (Å²) in [7, 11) is 0. The van der Waals surface area contributed by atoms with Gasteiger partial charge in [0.1, 0.15) is 21.7 Å². The number of nitrogens with zero attached hydrogens (tertiary/aromatic N) is 3. The molecule has 4 fully saturated rings. The highest BCUT2D eigenvalue weighted by molar-refractivity contribution is 8.00. The third-order valence-corrected chi connectivity index (χ3v) is 8.54. The van der Waals surface area contributed by atoms with Crippen molar-refractivity contribution in [2.24, 2.45) is 23.2 Å². The van der Waals surface area contributed by atoms with E-state index in [1.165, 1.54) is 62.0 Å². The normalized spacial score (nSPS) is 31.4. The molecule has 0 radical (unpaired) electrons. The highest BCUT2D eigenvalue weighted by atomic mass is 32.2. The summed E-state index contributed by atoms with van der Waals surface area (Å²) in [5, 5.41) is 13.7. The van der Waals surface area contributed by atoms with Crippen LogP contribution in [0, 0.1) is 34.5 Å². The number of hydrogen-bond acceptors (Lipinski definition) is 7. The van der Waals surface area contributed by atoms with E-state index in [1.807, 2.05) is 6.26 Å². The summed E-state index contributed by atoms with van der Waals surface area (Å²) in [4.78, 5) is 20.9. The predicted molar refractivity (Wildman–Crippen MR) is 112 cm³/mol. The van der Waals surface area contributed by atoms with E-state index in [4.69, 9.17) is 5.73 Å². The van der Waals surface area contributed by atoms with Gasteiger partial charge >= 0.3 is 0 Å². The van der Waals surface area contributed by atoms with Crippen molar-refractivity contribution in [2.75, 3.05) is 17.7 Å². The molecule has 1 aromatic rings. The Kier molecular flexibility index (Phi) is 5.49. The molecule has 4 aliphatic rings. The molecular weight excluding hydrogens is 390 g/mol. The molecule has 0 saturated heterocycles. The number of amides is 1. The average molecular weight is 418 g/mol. The van der Waals surface area contributed by atoms with Crippen molar-refractivity contribution in [3.8, 4) is 6.07 Å². The Bertz CT molecular complexity index is 786. The van der Waals surface area contributed by atoms with Crippen LogP contribution in [0.15, 0.2) is 10.1 Å². The van der Waals surface area contributed by atoms with Crippen molar-refractivity contribution in [2.45, 2.75) is 61.5 Å². The molecule has 150 valence electrons. The molecule has 3 N–H and O–H groups in total. The minimum absolute atomic E-state index is 0.0000189. The van der Waals surface area contributed by atoms with Crippen LogP contribution in [-0.2, 0) is 4.79 Å². The van der Waals surface area contributed by atoms with Crippen molar-refractivity contribution in [1.82, 2.24) is 15.3 Å². The first-order valence-corrected chi connectivity index (χ1v) is 12.2. The second-order valence-corrected chi connectivity index (χ2v) is 10.5. The Hall–Kier alpha value is -1.46. The van der Waals surface area contributed by atoms with Gasteiger partial charge in [-0.05, 0) is 74.9 Å². The molecule has 0 aliphatic heterocycles. The molecular formula is C20H27N5OS2. The van der Waals surface area contributed by atoms with Gasteiger partial charge in [0.05, 0.1) is 5.75 Å². The zero-order chi connectivity index (χ0) is 19.9.